The van der Waals surface area contributed by atoms with Crippen LogP contribution in [0.2, 0.25) is 0 Å². The normalized spacial score (nSPS) is 16.1. The third kappa shape index (κ3) is 2.18. The van der Waals surface area contributed by atoms with Crippen molar-refractivity contribution in [1.29, 1.82) is 0 Å². The molecule has 0 unspecified atom stereocenters. The van der Waals surface area contributed by atoms with Gasteiger partial charge >= 0.3 is 23.3 Å². The van der Waals surface area contributed by atoms with Gasteiger partial charge in [0.1, 0.15) is 0 Å². The van der Waals surface area contributed by atoms with Crippen LogP contribution in [-0.4, -0.2) is 37.9 Å². The van der Waals surface area contributed by atoms with Crippen molar-refractivity contribution in [3.05, 3.63) is 0 Å². The van der Waals surface area contributed by atoms with E-state index in [-0.39, 0.29) is 0 Å². The van der Waals surface area contributed by atoms with E-state index in [4.69, 9.17) is 0 Å². The Kier molecular flexibility index (Phi) is 3.51. The first-order valence-electron chi connectivity index (χ1n) is 3.40. The fourth-order valence-electron chi connectivity index (χ4n) is 1.11. The summed E-state index contributed by atoms with van der Waals surface area (Å²) in [5.41, 5.74) is 0. The molecule has 0 N–H and O–H groups in total. The van der Waals surface area contributed by atoms with Gasteiger partial charge in [0.15, 0.2) is 9.84 Å². The van der Waals surface area contributed by atoms with Crippen LogP contribution >= 0.6 is 0 Å². The minimum Gasteiger partial charge on any atom is -0.227 e. The van der Waals surface area contributed by atoms with Gasteiger partial charge in [-0.05, 0) is 0 Å². The molecule has 0 aromatic heterocycles. The Balaban J connectivity index is 6.60. The Hall–Kier alpha value is -0.680. The van der Waals surface area contributed by atoms with Gasteiger partial charge < -0.3 is 0 Å². The molecule has 0 aromatic carbocycles. The second kappa shape index (κ2) is 3.65. The van der Waals surface area contributed by atoms with Gasteiger partial charge in [0.05, 0.1) is 0 Å². The zero-order valence-electron chi connectivity index (χ0n) is 7.63. The maximum Gasteiger partial charge on any atom is 0.426 e. The Labute approximate surface area is 88.3 Å². The van der Waals surface area contributed by atoms with Crippen molar-refractivity contribution >= 4 is 9.84 Å². The lowest BCUT2D eigenvalue weighted by Gasteiger charge is -2.36. The molecule has 0 radical (unpaired) electrons. The molecular formula is C5H3F9O2S. The van der Waals surface area contributed by atoms with E-state index < -0.39 is 39.4 Å². The third-order valence-electron chi connectivity index (χ3n) is 1.75. The fraction of sp³-hybridized carbons (Fsp3) is 1.00. The van der Waals surface area contributed by atoms with Gasteiger partial charge in [-0.3, -0.25) is 0 Å². The molecule has 0 fully saturated rings. The maximum absolute atomic E-state index is 12.0. The van der Waals surface area contributed by atoms with Crippen LogP contribution in [0.15, 0.2) is 0 Å². The van der Waals surface area contributed by atoms with Crippen molar-refractivity contribution in [2.75, 3.05) is 6.26 Å². The minimum absolute atomic E-state index is 0.776. The second-order valence-electron chi connectivity index (χ2n) is 2.95. The largest absolute Gasteiger partial charge is 0.426 e. The van der Waals surface area contributed by atoms with Crippen molar-refractivity contribution in [3.63, 3.8) is 0 Å². The second-order valence-corrected chi connectivity index (χ2v) is 5.10. The minimum atomic E-state index is -7.07. The summed E-state index contributed by atoms with van der Waals surface area (Å²) in [6, 6.07) is 0. The molecule has 0 atom stereocenters. The molecule has 0 saturated heterocycles. The first-order valence-corrected chi connectivity index (χ1v) is 5.29. The summed E-state index contributed by atoms with van der Waals surface area (Å²) < 4.78 is 122. The molecule has 0 aliphatic rings. The molecular weight excluding hydrogens is 295 g/mol. The van der Waals surface area contributed by atoms with Crippen molar-refractivity contribution in [3.8, 4) is 0 Å². The first kappa shape index (κ1) is 16.3. The van der Waals surface area contributed by atoms with Crippen LogP contribution in [0.3, 0.4) is 0 Å². The van der Waals surface area contributed by atoms with Crippen molar-refractivity contribution in [1.82, 2.24) is 0 Å². The monoisotopic (exact) mass is 298 g/mol. The molecule has 0 saturated carbocycles. The molecule has 17 heavy (non-hydrogen) atoms. The van der Waals surface area contributed by atoms with E-state index in [0.29, 0.717) is 0 Å². The van der Waals surface area contributed by atoms with E-state index >= 15 is 0 Å². The fourth-order valence-corrected chi connectivity index (χ4v) is 2.37. The van der Waals surface area contributed by atoms with Gasteiger partial charge in [-0.1, -0.05) is 0 Å². The van der Waals surface area contributed by atoms with Gasteiger partial charge in [-0.25, -0.2) is 8.42 Å². The molecule has 0 bridgehead atoms. The molecule has 0 spiro atoms. The zero-order valence-corrected chi connectivity index (χ0v) is 8.44. The Morgan fingerprint density at radius 1 is 0.647 bits per heavy atom. The summed E-state index contributed by atoms with van der Waals surface area (Å²) >= 11 is 0. The molecule has 12 heteroatoms. The Morgan fingerprint density at radius 2 is 0.824 bits per heavy atom. The Morgan fingerprint density at radius 3 is 0.824 bits per heavy atom. The van der Waals surface area contributed by atoms with Gasteiger partial charge in [0.25, 0.3) is 0 Å². The van der Waals surface area contributed by atoms with Crippen LogP contribution in [0.4, 0.5) is 39.5 Å². The lowest BCUT2D eigenvalue weighted by Crippen LogP contribution is -2.70. The molecule has 2 nitrogen and oxygen atoms in total. The van der Waals surface area contributed by atoms with Crippen molar-refractivity contribution in [2.45, 2.75) is 23.3 Å². The zero-order chi connectivity index (χ0) is 14.5. The number of alkyl halides is 9. The number of rotatable bonds is 1. The van der Waals surface area contributed by atoms with Gasteiger partial charge in [-0.15, -0.1) is 0 Å². The summed E-state index contributed by atoms with van der Waals surface area (Å²) in [5, 5.41) is 0. The summed E-state index contributed by atoms with van der Waals surface area (Å²) in [5.74, 6) is 0. The van der Waals surface area contributed by atoms with Crippen LogP contribution in [0, 0.1) is 0 Å². The molecule has 0 aromatic rings. The highest BCUT2D eigenvalue weighted by molar-refractivity contribution is 7.92. The number of hydrogen-bond acceptors (Lipinski definition) is 2. The quantitative estimate of drug-likeness (QED) is 0.697. The molecule has 104 valence electrons. The predicted molar refractivity (Wildman–Crippen MR) is 35.7 cm³/mol. The average molecular weight is 298 g/mol. The number of hydrogen-bond donors (Lipinski definition) is 0. The summed E-state index contributed by atoms with van der Waals surface area (Å²) in [4.78, 5) is 0. The van der Waals surface area contributed by atoms with Crippen LogP contribution in [0.25, 0.3) is 0 Å². The summed E-state index contributed by atoms with van der Waals surface area (Å²) in [6.45, 7) is 0. The van der Waals surface area contributed by atoms with E-state index in [9.17, 15) is 47.9 Å². The van der Waals surface area contributed by atoms with Crippen LogP contribution in [0.1, 0.15) is 0 Å². The topological polar surface area (TPSA) is 34.1 Å². The number of sulfone groups is 1. The molecule has 0 amide bonds. The molecule has 0 aliphatic heterocycles. The molecule has 0 rings (SSSR count). The van der Waals surface area contributed by atoms with E-state index in [2.05, 4.69) is 0 Å². The summed E-state index contributed by atoms with van der Waals surface area (Å²) in [7, 11) is -6.57. The predicted octanol–water partition coefficient (Wildman–Crippen LogP) is 2.46. The SMILES string of the molecule is CS(=O)(=O)C(C(F)(F)F)(C(F)(F)F)C(F)(F)F. The lowest BCUT2D eigenvalue weighted by atomic mass is 10.1. The van der Waals surface area contributed by atoms with Crippen LogP contribution < -0.4 is 0 Å². The highest BCUT2D eigenvalue weighted by Gasteiger charge is 2.89. The van der Waals surface area contributed by atoms with Gasteiger partial charge in [0.2, 0.25) is 0 Å². The molecule has 0 heterocycles. The van der Waals surface area contributed by atoms with E-state index in [1.807, 2.05) is 0 Å². The van der Waals surface area contributed by atoms with Gasteiger partial charge in [0, 0.05) is 6.26 Å². The highest BCUT2D eigenvalue weighted by atomic mass is 32.2. The Bertz CT molecular complexity index is 347. The third-order valence-corrected chi connectivity index (χ3v) is 3.56. The van der Waals surface area contributed by atoms with Crippen LogP contribution in [-0.2, 0) is 9.84 Å². The van der Waals surface area contributed by atoms with E-state index in [1.165, 1.54) is 0 Å². The van der Waals surface area contributed by atoms with Crippen molar-refractivity contribution < 1.29 is 47.9 Å². The van der Waals surface area contributed by atoms with E-state index in [0.717, 1.165) is 0 Å². The summed E-state index contributed by atoms with van der Waals surface area (Å²) in [6.07, 6.45) is -22.0. The molecule has 0 aliphatic carbocycles. The van der Waals surface area contributed by atoms with E-state index in [1.54, 1.807) is 0 Å². The maximum atomic E-state index is 12.0. The van der Waals surface area contributed by atoms with Crippen LogP contribution in [0.5, 0.6) is 0 Å². The lowest BCUT2D eigenvalue weighted by molar-refractivity contribution is -0.347. The van der Waals surface area contributed by atoms with Gasteiger partial charge in [-0.2, -0.15) is 39.5 Å². The number of halogens is 9. The average Bonchev–Trinajstić information content (AvgIpc) is 1.67. The van der Waals surface area contributed by atoms with Crippen molar-refractivity contribution in [2.24, 2.45) is 0 Å². The standard InChI is InChI=1S/C5H3F9O2S/c1-17(15,16)2(3(6,7)8,4(9,10)11)5(12,13)14/h1H3. The smallest absolute Gasteiger partial charge is 0.227 e. The first-order chi connectivity index (χ1) is 7.00. The highest BCUT2D eigenvalue weighted by Crippen LogP contribution is 2.56.